The number of hydrogen-bond donors (Lipinski definition) is 1. The van der Waals surface area contributed by atoms with E-state index < -0.39 is 0 Å². The Labute approximate surface area is 75.7 Å². The average Bonchev–Trinajstić information content (AvgIpc) is 1.83. The summed E-state index contributed by atoms with van der Waals surface area (Å²) < 4.78 is 5.74. The highest BCUT2D eigenvalue weighted by Crippen LogP contribution is 2.31. The van der Waals surface area contributed by atoms with E-state index in [2.05, 4.69) is 39.9 Å². The third-order valence-electron chi connectivity index (χ3n) is 2.49. The van der Waals surface area contributed by atoms with E-state index in [1.807, 2.05) is 0 Å². The fourth-order valence-corrected chi connectivity index (χ4v) is 2.20. The second-order valence-electron chi connectivity index (χ2n) is 5.21. The zero-order chi connectivity index (χ0) is 9.41. The van der Waals surface area contributed by atoms with E-state index in [-0.39, 0.29) is 11.0 Å². The van der Waals surface area contributed by atoms with E-state index in [0.29, 0.717) is 6.04 Å². The van der Waals surface area contributed by atoms with Crippen LogP contribution in [0.2, 0.25) is 0 Å². The Morgan fingerprint density at radius 2 is 1.92 bits per heavy atom. The zero-order valence-corrected chi connectivity index (χ0v) is 8.90. The van der Waals surface area contributed by atoms with E-state index >= 15 is 0 Å². The Kier molecular flexibility index (Phi) is 2.50. The number of nitrogens with one attached hydrogen (secondary N) is 1. The minimum absolute atomic E-state index is 0.0312. The molecule has 0 aromatic carbocycles. The maximum Gasteiger partial charge on any atom is 0.0784 e. The molecule has 0 radical (unpaired) electrons. The van der Waals surface area contributed by atoms with Gasteiger partial charge in [-0.15, -0.1) is 0 Å². The lowest BCUT2D eigenvalue weighted by Crippen LogP contribution is -2.60. The molecule has 1 aliphatic heterocycles. The van der Waals surface area contributed by atoms with Crippen LogP contribution in [0.4, 0.5) is 0 Å². The van der Waals surface area contributed by atoms with Crippen molar-refractivity contribution in [3.8, 4) is 0 Å². The predicted octanol–water partition coefficient (Wildman–Crippen LogP) is 1.80. The SMILES string of the molecule is CC(C)(C)C1NCCOC1(C)C. The molecule has 0 bridgehead atoms. The molecule has 0 spiro atoms. The van der Waals surface area contributed by atoms with E-state index in [0.717, 1.165) is 13.2 Å². The molecule has 2 heteroatoms. The molecule has 0 aromatic heterocycles. The lowest BCUT2D eigenvalue weighted by molar-refractivity contribution is -0.0977. The van der Waals surface area contributed by atoms with Gasteiger partial charge in [-0.2, -0.15) is 0 Å². The molecule has 1 atom stereocenters. The van der Waals surface area contributed by atoms with E-state index in [1.165, 1.54) is 0 Å². The Balaban J connectivity index is 2.73. The lowest BCUT2D eigenvalue weighted by Gasteiger charge is -2.46. The first kappa shape index (κ1) is 10.0. The largest absolute Gasteiger partial charge is 0.373 e. The second kappa shape index (κ2) is 3.00. The summed E-state index contributed by atoms with van der Waals surface area (Å²) in [6, 6.07) is 0.443. The van der Waals surface area contributed by atoms with Crippen LogP contribution in [0.15, 0.2) is 0 Å². The van der Waals surface area contributed by atoms with Crippen molar-refractivity contribution in [1.29, 1.82) is 0 Å². The molecule has 0 aromatic rings. The first-order chi connectivity index (χ1) is 5.34. The Hall–Kier alpha value is -0.0800. The maximum atomic E-state index is 5.74. The molecule has 0 amide bonds. The van der Waals surface area contributed by atoms with Crippen LogP contribution < -0.4 is 5.32 Å². The topological polar surface area (TPSA) is 21.3 Å². The molecule has 0 saturated carbocycles. The molecule has 0 aliphatic carbocycles. The second-order valence-corrected chi connectivity index (χ2v) is 5.21. The molecule has 1 aliphatic rings. The zero-order valence-electron chi connectivity index (χ0n) is 8.90. The molecular formula is C10H21NO. The van der Waals surface area contributed by atoms with Crippen LogP contribution in [0.25, 0.3) is 0 Å². The van der Waals surface area contributed by atoms with Gasteiger partial charge < -0.3 is 10.1 Å². The quantitative estimate of drug-likeness (QED) is 0.600. The van der Waals surface area contributed by atoms with Crippen LogP contribution in [0, 0.1) is 5.41 Å². The van der Waals surface area contributed by atoms with E-state index in [1.54, 1.807) is 0 Å². The summed E-state index contributed by atoms with van der Waals surface area (Å²) in [7, 11) is 0. The fourth-order valence-electron chi connectivity index (χ4n) is 2.20. The van der Waals surface area contributed by atoms with Crippen LogP contribution in [-0.4, -0.2) is 24.8 Å². The van der Waals surface area contributed by atoms with Gasteiger partial charge in [-0.1, -0.05) is 20.8 Å². The number of hydrogen-bond acceptors (Lipinski definition) is 2. The van der Waals surface area contributed by atoms with Crippen molar-refractivity contribution in [2.75, 3.05) is 13.2 Å². The van der Waals surface area contributed by atoms with E-state index in [9.17, 15) is 0 Å². The van der Waals surface area contributed by atoms with Crippen molar-refractivity contribution in [1.82, 2.24) is 5.32 Å². The molecule has 12 heavy (non-hydrogen) atoms. The van der Waals surface area contributed by atoms with Crippen LogP contribution in [0.1, 0.15) is 34.6 Å². The van der Waals surface area contributed by atoms with Gasteiger partial charge >= 0.3 is 0 Å². The molecule has 1 heterocycles. The minimum atomic E-state index is -0.0312. The summed E-state index contributed by atoms with van der Waals surface area (Å²) in [6.45, 7) is 12.9. The van der Waals surface area contributed by atoms with Crippen molar-refractivity contribution in [3.63, 3.8) is 0 Å². The van der Waals surface area contributed by atoms with Gasteiger partial charge in [-0.05, 0) is 19.3 Å². The minimum Gasteiger partial charge on any atom is -0.373 e. The molecule has 1 fully saturated rings. The first-order valence-corrected chi connectivity index (χ1v) is 4.71. The Morgan fingerprint density at radius 3 is 2.25 bits per heavy atom. The highest BCUT2D eigenvalue weighted by molar-refractivity contribution is 4.95. The number of rotatable bonds is 0. The highest BCUT2D eigenvalue weighted by Gasteiger charge is 2.40. The Bertz CT molecular complexity index is 158. The molecule has 1 N–H and O–H groups in total. The smallest absolute Gasteiger partial charge is 0.0784 e. The van der Waals surface area contributed by atoms with E-state index in [4.69, 9.17) is 4.74 Å². The molecule has 1 unspecified atom stereocenters. The van der Waals surface area contributed by atoms with Crippen LogP contribution in [0.5, 0.6) is 0 Å². The molecular weight excluding hydrogens is 150 g/mol. The number of ether oxygens (including phenoxy) is 1. The summed E-state index contributed by atoms with van der Waals surface area (Å²) in [5.74, 6) is 0. The normalized spacial score (nSPS) is 30.2. The predicted molar refractivity (Wildman–Crippen MR) is 51.3 cm³/mol. The summed E-state index contributed by atoms with van der Waals surface area (Å²) in [5, 5.41) is 3.52. The van der Waals surface area contributed by atoms with Crippen molar-refractivity contribution < 1.29 is 4.74 Å². The van der Waals surface area contributed by atoms with Gasteiger partial charge in [-0.3, -0.25) is 0 Å². The maximum absolute atomic E-state index is 5.74. The summed E-state index contributed by atoms with van der Waals surface area (Å²) in [4.78, 5) is 0. The van der Waals surface area contributed by atoms with Gasteiger partial charge in [0, 0.05) is 12.6 Å². The number of morpholine rings is 1. The third kappa shape index (κ3) is 1.99. The molecule has 2 nitrogen and oxygen atoms in total. The van der Waals surface area contributed by atoms with Crippen LogP contribution in [-0.2, 0) is 4.74 Å². The summed E-state index contributed by atoms with van der Waals surface area (Å²) in [5.41, 5.74) is 0.237. The van der Waals surface area contributed by atoms with Crippen molar-refractivity contribution in [2.45, 2.75) is 46.3 Å². The van der Waals surface area contributed by atoms with Crippen molar-refractivity contribution in [2.24, 2.45) is 5.41 Å². The Morgan fingerprint density at radius 1 is 1.33 bits per heavy atom. The monoisotopic (exact) mass is 171 g/mol. The van der Waals surface area contributed by atoms with Gasteiger partial charge in [0.05, 0.1) is 12.2 Å². The third-order valence-corrected chi connectivity index (χ3v) is 2.49. The lowest BCUT2D eigenvalue weighted by atomic mass is 9.77. The average molecular weight is 171 g/mol. The van der Waals surface area contributed by atoms with Crippen molar-refractivity contribution in [3.05, 3.63) is 0 Å². The first-order valence-electron chi connectivity index (χ1n) is 4.71. The highest BCUT2D eigenvalue weighted by atomic mass is 16.5. The van der Waals surface area contributed by atoms with Gasteiger partial charge in [0.15, 0.2) is 0 Å². The van der Waals surface area contributed by atoms with Crippen LogP contribution in [0.3, 0.4) is 0 Å². The fraction of sp³-hybridized carbons (Fsp3) is 1.00. The molecule has 72 valence electrons. The summed E-state index contributed by atoms with van der Waals surface area (Å²) >= 11 is 0. The van der Waals surface area contributed by atoms with Gasteiger partial charge in [-0.25, -0.2) is 0 Å². The van der Waals surface area contributed by atoms with Crippen LogP contribution >= 0.6 is 0 Å². The van der Waals surface area contributed by atoms with Gasteiger partial charge in [0.1, 0.15) is 0 Å². The van der Waals surface area contributed by atoms with Crippen molar-refractivity contribution >= 4 is 0 Å². The van der Waals surface area contributed by atoms with Gasteiger partial charge in [0.2, 0.25) is 0 Å². The molecule has 1 saturated heterocycles. The molecule has 1 rings (SSSR count). The van der Waals surface area contributed by atoms with Gasteiger partial charge in [0.25, 0.3) is 0 Å². The summed E-state index contributed by atoms with van der Waals surface area (Å²) in [6.07, 6.45) is 0. The standard InChI is InChI=1S/C10H21NO/c1-9(2,3)8-10(4,5)12-7-6-11-8/h8,11H,6-7H2,1-5H3.